The molecule has 0 saturated carbocycles. The van der Waals surface area contributed by atoms with E-state index in [4.69, 9.17) is 18.9 Å². The maximum absolute atomic E-state index is 12.0. The molecule has 0 heterocycles. The monoisotopic (exact) mass is 390 g/mol. The Morgan fingerprint density at radius 1 is 0.714 bits per heavy atom. The second-order valence-corrected chi connectivity index (χ2v) is 5.69. The van der Waals surface area contributed by atoms with Crippen LogP contribution in [0, 0.1) is 0 Å². The summed E-state index contributed by atoms with van der Waals surface area (Å²) < 4.78 is 19.6. The molecule has 0 aromatic heterocycles. The van der Waals surface area contributed by atoms with Gasteiger partial charge in [-0.3, -0.25) is 0 Å². The number of rotatable bonds is 10. The summed E-state index contributed by atoms with van der Waals surface area (Å²) in [6.45, 7) is 9.37. The van der Waals surface area contributed by atoms with Crippen LogP contribution in [0.3, 0.4) is 0 Å². The average molecular weight is 390 g/mol. The molecule has 0 fully saturated rings. The second kappa shape index (κ2) is 11.3. The van der Waals surface area contributed by atoms with Crippen LogP contribution in [0.15, 0.2) is 48.6 Å². The van der Waals surface area contributed by atoms with Crippen molar-refractivity contribution in [2.24, 2.45) is 0 Å². The van der Waals surface area contributed by atoms with Gasteiger partial charge in [0.2, 0.25) is 0 Å². The molecule has 8 nitrogen and oxygen atoms in total. The summed E-state index contributed by atoms with van der Waals surface area (Å²) in [6.07, 6.45) is 0. The Morgan fingerprint density at radius 2 is 1.07 bits per heavy atom. The summed E-state index contributed by atoms with van der Waals surface area (Å²) in [4.78, 5) is 46.4. The molecule has 1 aromatic carbocycles. The van der Waals surface area contributed by atoms with E-state index in [0.29, 0.717) is 0 Å². The van der Waals surface area contributed by atoms with Crippen molar-refractivity contribution >= 4 is 23.9 Å². The number of carbonyl (C=O) groups is 4. The van der Waals surface area contributed by atoms with Gasteiger partial charge in [-0.1, -0.05) is 19.2 Å². The van der Waals surface area contributed by atoms with Crippen LogP contribution in [-0.2, 0) is 28.5 Å². The van der Waals surface area contributed by atoms with Gasteiger partial charge >= 0.3 is 23.9 Å². The molecule has 0 N–H and O–H groups in total. The Labute approximate surface area is 162 Å². The van der Waals surface area contributed by atoms with Crippen molar-refractivity contribution in [3.63, 3.8) is 0 Å². The first-order valence-corrected chi connectivity index (χ1v) is 8.32. The van der Waals surface area contributed by atoms with E-state index in [-0.39, 0.29) is 48.7 Å². The van der Waals surface area contributed by atoms with E-state index in [1.807, 2.05) is 0 Å². The van der Waals surface area contributed by atoms with Crippen molar-refractivity contribution in [3.8, 4) is 0 Å². The fraction of sp³-hybridized carbons (Fsp3) is 0.300. The summed E-state index contributed by atoms with van der Waals surface area (Å²) in [5.41, 5.74) is 0.752. The van der Waals surface area contributed by atoms with Crippen LogP contribution in [0.5, 0.6) is 0 Å². The summed E-state index contributed by atoms with van der Waals surface area (Å²) in [5, 5.41) is 0. The molecule has 0 aliphatic rings. The van der Waals surface area contributed by atoms with Crippen LogP contribution in [0.2, 0.25) is 0 Å². The lowest BCUT2D eigenvalue weighted by atomic mass is 10.1. The lowest BCUT2D eigenvalue weighted by Crippen LogP contribution is -2.16. The molecule has 0 atom stereocenters. The third kappa shape index (κ3) is 7.86. The van der Waals surface area contributed by atoms with Gasteiger partial charge in [0.05, 0.1) is 11.1 Å². The number of carbonyl (C=O) groups excluding carboxylic acids is 4. The first-order valence-electron chi connectivity index (χ1n) is 8.32. The minimum atomic E-state index is -0.684. The van der Waals surface area contributed by atoms with Crippen molar-refractivity contribution in [1.29, 1.82) is 0 Å². The quantitative estimate of drug-likeness (QED) is 0.259. The number of ether oxygens (including phenoxy) is 4. The van der Waals surface area contributed by atoms with Gasteiger partial charge < -0.3 is 18.9 Å². The zero-order valence-electron chi connectivity index (χ0n) is 15.8. The van der Waals surface area contributed by atoms with Crippen molar-refractivity contribution < 1.29 is 38.1 Å². The molecule has 1 rings (SSSR count). The molecule has 1 aromatic rings. The number of benzene rings is 1. The normalized spacial score (nSPS) is 9.79. The summed E-state index contributed by atoms with van der Waals surface area (Å²) in [5.74, 6) is -2.52. The van der Waals surface area contributed by atoms with Gasteiger partial charge in [-0.25, -0.2) is 19.2 Å². The van der Waals surface area contributed by atoms with Gasteiger partial charge in [-0.05, 0) is 32.0 Å². The van der Waals surface area contributed by atoms with Crippen LogP contribution in [0.25, 0.3) is 0 Å². The predicted molar refractivity (Wildman–Crippen MR) is 98.6 cm³/mol. The van der Waals surface area contributed by atoms with Gasteiger partial charge in [0, 0.05) is 11.1 Å². The van der Waals surface area contributed by atoms with Gasteiger partial charge in [0.25, 0.3) is 0 Å². The first kappa shape index (κ1) is 22.6. The smallest absolute Gasteiger partial charge is 0.338 e. The highest BCUT2D eigenvalue weighted by atomic mass is 16.6. The van der Waals surface area contributed by atoms with Gasteiger partial charge in [-0.2, -0.15) is 0 Å². The maximum Gasteiger partial charge on any atom is 0.338 e. The Hall–Kier alpha value is -3.42. The molecule has 0 spiro atoms. The number of hydrogen-bond donors (Lipinski definition) is 0. The van der Waals surface area contributed by atoms with Gasteiger partial charge in [0.1, 0.15) is 26.4 Å². The van der Waals surface area contributed by atoms with Crippen molar-refractivity contribution in [2.75, 3.05) is 26.4 Å². The van der Waals surface area contributed by atoms with Crippen LogP contribution >= 0.6 is 0 Å². The minimum Gasteiger partial charge on any atom is -0.459 e. The Balaban J connectivity index is 2.47. The second-order valence-electron chi connectivity index (χ2n) is 5.69. The predicted octanol–water partition coefficient (Wildman–Crippen LogP) is 2.24. The fourth-order valence-corrected chi connectivity index (χ4v) is 1.72. The van der Waals surface area contributed by atoms with E-state index in [2.05, 4.69) is 13.2 Å². The van der Waals surface area contributed by atoms with E-state index in [1.165, 1.54) is 38.1 Å². The third-order valence-electron chi connectivity index (χ3n) is 3.13. The highest BCUT2D eigenvalue weighted by molar-refractivity contribution is 5.95. The Morgan fingerprint density at radius 3 is 1.43 bits per heavy atom. The zero-order chi connectivity index (χ0) is 21.1. The topological polar surface area (TPSA) is 105 Å². The highest BCUT2D eigenvalue weighted by Crippen LogP contribution is 2.09. The van der Waals surface area contributed by atoms with E-state index in [9.17, 15) is 19.2 Å². The van der Waals surface area contributed by atoms with Gasteiger partial charge in [-0.15, -0.1) is 0 Å². The molecule has 150 valence electrons. The largest absolute Gasteiger partial charge is 0.459 e. The Kier molecular flexibility index (Phi) is 9.15. The Bertz CT molecular complexity index is 717. The molecule has 0 aliphatic heterocycles. The number of esters is 4. The highest BCUT2D eigenvalue weighted by Gasteiger charge is 2.13. The SMILES string of the molecule is C=C(C)C(=O)OCCOC(=O)c1cccc(C(=O)OCCOC(=O)C(=C)C)c1. The van der Waals surface area contributed by atoms with E-state index >= 15 is 0 Å². The van der Waals surface area contributed by atoms with Crippen LogP contribution in [-0.4, -0.2) is 50.3 Å². The van der Waals surface area contributed by atoms with Crippen LogP contribution < -0.4 is 0 Å². The van der Waals surface area contributed by atoms with Crippen molar-refractivity contribution in [3.05, 3.63) is 59.7 Å². The molecular formula is C20H22O8. The lowest BCUT2D eigenvalue weighted by molar-refractivity contribution is -0.140. The molecule has 0 saturated heterocycles. The van der Waals surface area contributed by atoms with E-state index in [1.54, 1.807) is 0 Å². The number of hydrogen-bond acceptors (Lipinski definition) is 8. The van der Waals surface area contributed by atoms with Gasteiger partial charge in [0.15, 0.2) is 0 Å². The molecule has 0 aliphatic carbocycles. The molecule has 28 heavy (non-hydrogen) atoms. The first-order chi connectivity index (χ1) is 13.2. The minimum absolute atomic E-state index is 0.109. The summed E-state index contributed by atoms with van der Waals surface area (Å²) in [7, 11) is 0. The van der Waals surface area contributed by atoms with Crippen LogP contribution in [0.1, 0.15) is 34.6 Å². The summed E-state index contributed by atoms with van der Waals surface area (Å²) >= 11 is 0. The van der Waals surface area contributed by atoms with Crippen LogP contribution in [0.4, 0.5) is 0 Å². The molecule has 0 radical (unpaired) electrons. The molecular weight excluding hydrogens is 368 g/mol. The van der Waals surface area contributed by atoms with Crippen molar-refractivity contribution in [1.82, 2.24) is 0 Å². The van der Waals surface area contributed by atoms with Crippen molar-refractivity contribution in [2.45, 2.75) is 13.8 Å². The maximum atomic E-state index is 12.0. The zero-order valence-corrected chi connectivity index (χ0v) is 15.8. The van der Waals surface area contributed by atoms with E-state index in [0.717, 1.165) is 0 Å². The lowest BCUT2D eigenvalue weighted by Gasteiger charge is -2.08. The molecule has 0 bridgehead atoms. The summed E-state index contributed by atoms with van der Waals surface area (Å²) in [6, 6.07) is 5.74. The molecule has 0 amide bonds. The average Bonchev–Trinajstić information content (AvgIpc) is 2.67. The molecule has 8 heteroatoms. The third-order valence-corrected chi connectivity index (χ3v) is 3.13. The fourth-order valence-electron chi connectivity index (χ4n) is 1.72. The van der Waals surface area contributed by atoms with E-state index < -0.39 is 23.9 Å². The standard InChI is InChI=1S/C20H22O8/c1-13(2)17(21)25-8-10-27-19(23)15-6-5-7-16(12-15)20(24)28-11-9-26-18(22)14(3)4/h5-7,12H,1,3,8-11H2,2,4H3. The molecule has 0 unspecified atom stereocenters.